The van der Waals surface area contributed by atoms with Gasteiger partial charge in [0.1, 0.15) is 0 Å². The largest absolute Gasteiger partial charge is 0.341 e. The maximum atomic E-state index is 12.0. The molecule has 3 heteroatoms. The van der Waals surface area contributed by atoms with Crippen LogP contribution in [0.2, 0.25) is 0 Å². The molecule has 1 atom stereocenters. The Bertz CT molecular complexity index is 222. The van der Waals surface area contributed by atoms with Gasteiger partial charge in [-0.25, -0.2) is 0 Å². The fraction of sp³-hybridized carbons (Fsp3) is 0.917. The lowest BCUT2D eigenvalue weighted by Crippen LogP contribution is -2.42. The van der Waals surface area contributed by atoms with Crippen LogP contribution in [0.3, 0.4) is 0 Å². The van der Waals surface area contributed by atoms with Gasteiger partial charge in [-0.15, -0.1) is 0 Å². The van der Waals surface area contributed by atoms with Crippen LogP contribution in [-0.4, -0.2) is 28.2 Å². The van der Waals surface area contributed by atoms with E-state index >= 15 is 0 Å². The first-order valence-corrected chi connectivity index (χ1v) is 6.72. The lowest BCUT2D eigenvalue weighted by Gasteiger charge is -2.27. The third-order valence-corrected chi connectivity index (χ3v) is 3.56. The van der Waals surface area contributed by atoms with Crippen LogP contribution < -0.4 is 0 Å². The van der Waals surface area contributed by atoms with Gasteiger partial charge in [-0.3, -0.25) is 4.79 Å². The van der Waals surface area contributed by atoms with Gasteiger partial charge in [0.05, 0.1) is 4.32 Å². The molecule has 0 aromatic heterocycles. The summed E-state index contributed by atoms with van der Waals surface area (Å²) in [5.74, 6) is 1.06. The van der Waals surface area contributed by atoms with E-state index in [0.29, 0.717) is 0 Å². The van der Waals surface area contributed by atoms with Crippen molar-refractivity contribution in [1.29, 1.82) is 0 Å². The maximum absolute atomic E-state index is 12.0. The number of carbonyl (C=O) groups excluding carboxylic acids is 1. The maximum Gasteiger partial charge on any atom is 0.238 e. The molecule has 88 valence electrons. The van der Waals surface area contributed by atoms with Crippen molar-refractivity contribution >= 4 is 21.8 Å². The van der Waals surface area contributed by atoms with Crippen LogP contribution in [0, 0.1) is 5.92 Å². The average Bonchev–Trinajstić information content (AvgIpc) is 2.39. The van der Waals surface area contributed by atoms with Gasteiger partial charge in [0.15, 0.2) is 0 Å². The summed E-state index contributed by atoms with van der Waals surface area (Å²) in [6, 6.07) is 0. The molecule has 1 rings (SSSR count). The fourth-order valence-corrected chi connectivity index (χ4v) is 2.40. The molecule has 2 nitrogen and oxygen atoms in total. The Balaban J connectivity index is 2.54. The van der Waals surface area contributed by atoms with E-state index in [9.17, 15) is 4.79 Å². The fourth-order valence-electron chi connectivity index (χ4n) is 2.15. The molecule has 0 N–H and O–H groups in total. The van der Waals surface area contributed by atoms with Gasteiger partial charge < -0.3 is 4.90 Å². The van der Waals surface area contributed by atoms with Gasteiger partial charge in [0.2, 0.25) is 5.91 Å². The summed E-state index contributed by atoms with van der Waals surface area (Å²) < 4.78 is -0.404. The quantitative estimate of drug-likeness (QED) is 0.709. The van der Waals surface area contributed by atoms with Crippen molar-refractivity contribution in [1.82, 2.24) is 4.90 Å². The summed E-state index contributed by atoms with van der Waals surface area (Å²) in [7, 11) is 0. The van der Waals surface area contributed by atoms with E-state index in [1.54, 1.807) is 0 Å². The topological polar surface area (TPSA) is 20.3 Å². The Hall–Kier alpha value is -0.0500. The van der Waals surface area contributed by atoms with Gasteiger partial charge in [-0.2, -0.15) is 0 Å². The second-order valence-electron chi connectivity index (χ2n) is 4.97. The summed E-state index contributed by atoms with van der Waals surface area (Å²) in [5, 5.41) is 0. The van der Waals surface area contributed by atoms with Crippen molar-refractivity contribution in [3.8, 4) is 0 Å². The molecule has 0 saturated carbocycles. The normalized spacial score (nSPS) is 23.7. The number of halogens is 1. The first-order valence-electron chi connectivity index (χ1n) is 5.93. The molecule has 0 bridgehead atoms. The molecule has 0 radical (unpaired) electrons. The molecule has 1 fully saturated rings. The molecule has 1 amide bonds. The standard InChI is InChI=1S/C12H22BrNO/c1-4-10-6-5-8-14(9-7-10)11(15)12(2,3)13/h10H,4-9H2,1-3H3. The highest BCUT2D eigenvalue weighted by molar-refractivity contribution is 9.10. The Kier molecular flexibility index (Phi) is 4.63. The van der Waals surface area contributed by atoms with E-state index in [4.69, 9.17) is 0 Å². The third-order valence-electron chi connectivity index (χ3n) is 3.22. The molecule has 0 spiro atoms. The van der Waals surface area contributed by atoms with Crippen molar-refractivity contribution < 1.29 is 4.79 Å². The van der Waals surface area contributed by atoms with E-state index in [0.717, 1.165) is 25.4 Å². The predicted molar refractivity (Wildman–Crippen MR) is 67.2 cm³/mol. The van der Waals surface area contributed by atoms with Crippen molar-refractivity contribution in [2.75, 3.05) is 13.1 Å². The Morgan fingerprint density at radius 3 is 2.60 bits per heavy atom. The summed E-state index contributed by atoms with van der Waals surface area (Å²) >= 11 is 3.45. The Morgan fingerprint density at radius 2 is 2.07 bits per heavy atom. The minimum atomic E-state index is -0.404. The highest BCUT2D eigenvalue weighted by Crippen LogP contribution is 2.24. The Labute approximate surface area is 102 Å². The zero-order valence-corrected chi connectivity index (χ0v) is 11.6. The zero-order valence-electron chi connectivity index (χ0n) is 10.1. The second kappa shape index (κ2) is 5.33. The zero-order chi connectivity index (χ0) is 11.5. The smallest absolute Gasteiger partial charge is 0.238 e. The highest BCUT2D eigenvalue weighted by Gasteiger charge is 2.30. The van der Waals surface area contributed by atoms with Gasteiger partial charge in [0, 0.05) is 13.1 Å². The second-order valence-corrected chi connectivity index (χ2v) is 6.95. The molecule has 15 heavy (non-hydrogen) atoms. The molecule has 1 aliphatic heterocycles. The van der Waals surface area contributed by atoms with Crippen LogP contribution in [-0.2, 0) is 4.79 Å². The Morgan fingerprint density at radius 1 is 1.40 bits per heavy atom. The SMILES string of the molecule is CCC1CCCN(C(=O)C(C)(C)Br)CC1. The lowest BCUT2D eigenvalue weighted by molar-refractivity contribution is -0.132. The summed E-state index contributed by atoms with van der Waals surface area (Å²) in [5.41, 5.74) is 0. The van der Waals surface area contributed by atoms with Gasteiger partial charge in [-0.05, 0) is 39.0 Å². The molecular formula is C12H22BrNO. The molecule has 1 heterocycles. The number of carbonyl (C=O) groups is 1. The summed E-state index contributed by atoms with van der Waals surface area (Å²) in [6.07, 6.45) is 4.86. The summed E-state index contributed by atoms with van der Waals surface area (Å²) in [6.45, 7) is 7.97. The third kappa shape index (κ3) is 3.78. The monoisotopic (exact) mass is 275 g/mol. The molecule has 1 unspecified atom stereocenters. The highest BCUT2D eigenvalue weighted by atomic mass is 79.9. The molecule has 0 aromatic rings. The number of alkyl halides is 1. The van der Waals surface area contributed by atoms with Gasteiger partial charge >= 0.3 is 0 Å². The van der Waals surface area contributed by atoms with Crippen molar-refractivity contribution in [3.05, 3.63) is 0 Å². The van der Waals surface area contributed by atoms with E-state index in [-0.39, 0.29) is 5.91 Å². The molecular weight excluding hydrogens is 254 g/mol. The number of hydrogen-bond donors (Lipinski definition) is 0. The molecule has 1 saturated heterocycles. The van der Waals surface area contributed by atoms with E-state index < -0.39 is 4.32 Å². The molecule has 1 aliphatic rings. The van der Waals surface area contributed by atoms with Crippen LogP contribution in [0.1, 0.15) is 46.5 Å². The first kappa shape index (κ1) is 13.0. The number of hydrogen-bond acceptors (Lipinski definition) is 1. The average molecular weight is 276 g/mol. The van der Waals surface area contributed by atoms with Crippen LogP contribution in [0.15, 0.2) is 0 Å². The minimum Gasteiger partial charge on any atom is -0.341 e. The number of rotatable bonds is 2. The van der Waals surface area contributed by atoms with Gasteiger partial charge in [-0.1, -0.05) is 29.3 Å². The van der Waals surface area contributed by atoms with Crippen LogP contribution in [0.25, 0.3) is 0 Å². The number of nitrogens with zero attached hydrogens (tertiary/aromatic N) is 1. The van der Waals surface area contributed by atoms with Crippen molar-refractivity contribution in [2.45, 2.75) is 50.8 Å². The van der Waals surface area contributed by atoms with E-state index in [1.165, 1.54) is 19.3 Å². The predicted octanol–water partition coefficient (Wildman–Crippen LogP) is 3.20. The van der Waals surface area contributed by atoms with Crippen LogP contribution in [0.4, 0.5) is 0 Å². The van der Waals surface area contributed by atoms with E-state index in [2.05, 4.69) is 22.9 Å². The number of likely N-dealkylation sites (tertiary alicyclic amines) is 1. The minimum absolute atomic E-state index is 0.235. The molecule has 0 aliphatic carbocycles. The molecule has 0 aromatic carbocycles. The van der Waals surface area contributed by atoms with Crippen LogP contribution in [0.5, 0.6) is 0 Å². The van der Waals surface area contributed by atoms with Crippen molar-refractivity contribution in [2.24, 2.45) is 5.92 Å². The first-order chi connectivity index (χ1) is 6.95. The van der Waals surface area contributed by atoms with Gasteiger partial charge in [0.25, 0.3) is 0 Å². The lowest BCUT2D eigenvalue weighted by atomic mass is 9.98. The summed E-state index contributed by atoms with van der Waals surface area (Å²) in [4.78, 5) is 14.1. The number of amides is 1. The van der Waals surface area contributed by atoms with Crippen molar-refractivity contribution in [3.63, 3.8) is 0 Å². The van der Waals surface area contributed by atoms with E-state index in [1.807, 2.05) is 18.7 Å². The van der Waals surface area contributed by atoms with Crippen LogP contribution >= 0.6 is 15.9 Å².